The van der Waals surface area contributed by atoms with Crippen LogP contribution in [0.3, 0.4) is 0 Å². The normalized spacial score (nSPS) is 13.8. The number of carboxylic acid groups (broad SMARTS) is 1. The lowest BCUT2D eigenvalue weighted by Gasteiger charge is -2.11. The second-order valence-corrected chi connectivity index (χ2v) is 6.00. The average Bonchev–Trinajstić information content (AvgIpc) is 2.80. The summed E-state index contributed by atoms with van der Waals surface area (Å²) in [6, 6.07) is 3.05. The zero-order valence-electron chi connectivity index (χ0n) is 9.44. The van der Waals surface area contributed by atoms with Crippen LogP contribution in [0.5, 0.6) is 0 Å². The van der Waals surface area contributed by atoms with Crippen LogP contribution in [0.1, 0.15) is 10.4 Å². The van der Waals surface area contributed by atoms with Gasteiger partial charge < -0.3 is 9.67 Å². The fourth-order valence-corrected chi connectivity index (χ4v) is 3.67. The number of hydrogen-bond acceptors (Lipinski definition) is 3. The highest BCUT2D eigenvalue weighted by Crippen LogP contribution is 2.34. The third kappa shape index (κ3) is 1.84. The highest BCUT2D eigenvalue weighted by molar-refractivity contribution is 7.99. The van der Waals surface area contributed by atoms with Crippen molar-refractivity contribution in [2.45, 2.75) is 11.6 Å². The summed E-state index contributed by atoms with van der Waals surface area (Å²) in [4.78, 5) is 23.6. The summed E-state index contributed by atoms with van der Waals surface area (Å²) < 4.78 is 1.81. The van der Waals surface area contributed by atoms with Gasteiger partial charge in [0.15, 0.2) is 0 Å². The third-order valence-electron chi connectivity index (χ3n) is 3.03. The number of aromatic nitrogens is 1. The van der Waals surface area contributed by atoms with E-state index >= 15 is 0 Å². The number of aryl methyl sites for hydroxylation is 1. The van der Waals surface area contributed by atoms with Gasteiger partial charge in [-0.25, -0.2) is 4.79 Å². The van der Waals surface area contributed by atoms with Crippen molar-refractivity contribution in [2.75, 3.05) is 5.75 Å². The van der Waals surface area contributed by atoms with Crippen LogP contribution in [-0.4, -0.2) is 21.4 Å². The van der Waals surface area contributed by atoms with Crippen molar-refractivity contribution < 1.29 is 9.90 Å². The van der Waals surface area contributed by atoms with Gasteiger partial charge in [-0.2, -0.15) is 0 Å². The highest BCUT2D eigenvalue weighted by atomic mass is 35.5. The molecule has 0 spiro atoms. The molecular weight excluding hydrogens is 309 g/mol. The fourth-order valence-electron chi connectivity index (χ4n) is 2.21. The quantitative estimate of drug-likeness (QED) is 0.878. The number of fused-ring (bicyclic) bond motifs is 3. The maximum absolute atomic E-state index is 12.3. The van der Waals surface area contributed by atoms with E-state index in [1.54, 1.807) is 6.07 Å². The Morgan fingerprint density at radius 2 is 2.00 bits per heavy atom. The van der Waals surface area contributed by atoms with Crippen LogP contribution < -0.4 is 5.43 Å². The van der Waals surface area contributed by atoms with E-state index in [-0.39, 0.29) is 16.0 Å². The predicted molar refractivity (Wildman–Crippen MR) is 75.9 cm³/mol. The molecule has 1 aliphatic heterocycles. The van der Waals surface area contributed by atoms with E-state index in [2.05, 4.69) is 0 Å². The van der Waals surface area contributed by atoms with E-state index in [1.807, 2.05) is 4.57 Å². The lowest BCUT2D eigenvalue weighted by atomic mass is 10.1. The highest BCUT2D eigenvalue weighted by Gasteiger charge is 2.26. The molecule has 0 saturated carbocycles. The second kappa shape index (κ2) is 4.44. The predicted octanol–water partition coefficient (Wildman–Crippen LogP) is 3.11. The number of aromatic carboxylic acids is 1. The molecule has 1 aromatic heterocycles. The van der Waals surface area contributed by atoms with Crippen LogP contribution in [0, 0.1) is 0 Å². The van der Waals surface area contributed by atoms with E-state index in [9.17, 15) is 14.7 Å². The van der Waals surface area contributed by atoms with Crippen LogP contribution in [0.15, 0.2) is 22.0 Å². The summed E-state index contributed by atoms with van der Waals surface area (Å²) in [5, 5.41) is 10.6. The Hall–Kier alpha value is -1.17. The number of pyridine rings is 1. The minimum atomic E-state index is -1.21. The third-order valence-corrected chi connectivity index (χ3v) is 4.83. The molecule has 0 amide bonds. The molecule has 0 atom stereocenters. The first-order chi connectivity index (χ1) is 9.00. The molecule has 0 radical (unpaired) electrons. The molecule has 7 heteroatoms. The van der Waals surface area contributed by atoms with Gasteiger partial charge in [0.2, 0.25) is 5.43 Å². The first kappa shape index (κ1) is 12.8. The number of halogens is 2. The number of nitrogens with zero attached hydrogens (tertiary/aromatic N) is 1. The van der Waals surface area contributed by atoms with E-state index in [0.717, 1.165) is 5.75 Å². The van der Waals surface area contributed by atoms with Crippen LogP contribution >= 0.6 is 35.0 Å². The maximum Gasteiger partial charge on any atom is 0.342 e. The molecule has 0 unspecified atom stereocenters. The Bertz CT molecular complexity index is 785. The van der Waals surface area contributed by atoms with E-state index in [0.29, 0.717) is 22.1 Å². The van der Waals surface area contributed by atoms with Gasteiger partial charge in [-0.05, 0) is 12.1 Å². The monoisotopic (exact) mass is 315 g/mol. The smallest absolute Gasteiger partial charge is 0.342 e. The molecule has 2 heterocycles. The summed E-state index contributed by atoms with van der Waals surface area (Å²) >= 11 is 13.3. The van der Waals surface area contributed by atoms with Gasteiger partial charge in [0, 0.05) is 17.7 Å². The molecule has 0 fully saturated rings. The van der Waals surface area contributed by atoms with Crippen molar-refractivity contribution in [3.05, 3.63) is 38.0 Å². The molecule has 1 aromatic carbocycles. The van der Waals surface area contributed by atoms with Crippen LogP contribution in [-0.2, 0) is 6.54 Å². The van der Waals surface area contributed by atoms with Gasteiger partial charge in [-0.3, -0.25) is 4.79 Å². The second-order valence-electron chi connectivity index (χ2n) is 4.10. The Kier molecular flexibility index (Phi) is 3.00. The number of thioether (sulfide) groups is 1. The number of hydrogen-bond donors (Lipinski definition) is 1. The van der Waals surface area contributed by atoms with E-state index in [4.69, 9.17) is 23.2 Å². The molecule has 0 aliphatic carbocycles. The van der Waals surface area contributed by atoms with Gasteiger partial charge in [0.05, 0.1) is 20.6 Å². The first-order valence-electron chi connectivity index (χ1n) is 5.42. The molecule has 19 heavy (non-hydrogen) atoms. The number of carbonyl (C=O) groups is 1. The topological polar surface area (TPSA) is 59.3 Å². The molecular formula is C12H7Cl2NO3S. The summed E-state index contributed by atoms with van der Waals surface area (Å²) in [6.07, 6.45) is 0. The summed E-state index contributed by atoms with van der Waals surface area (Å²) in [5.41, 5.74) is -0.0699. The van der Waals surface area contributed by atoms with Crippen molar-refractivity contribution in [2.24, 2.45) is 0 Å². The lowest BCUT2D eigenvalue weighted by molar-refractivity contribution is 0.0690. The number of rotatable bonds is 1. The maximum atomic E-state index is 12.3. The Labute approximate surface area is 121 Å². The molecule has 0 saturated heterocycles. The molecule has 3 rings (SSSR count). The first-order valence-corrected chi connectivity index (χ1v) is 7.16. The number of carboxylic acids is 1. The zero-order chi connectivity index (χ0) is 13.7. The van der Waals surface area contributed by atoms with Crippen molar-refractivity contribution in [1.29, 1.82) is 0 Å². The Morgan fingerprint density at radius 1 is 1.32 bits per heavy atom. The van der Waals surface area contributed by atoms with Gasteiger partial charge in [-0.15, -0.1) is 11.8 Å². The standard InChI is InChI=1S/C12H7Cl2NO3S/c13-6-3-5-8(4-7(6)14)15-1-2-19-11(15)9(10(5)16)12(17)18/h3-4H,1-2H2,(H,17,18). The zero-order valence-corrected chi connectivity index (χ0v) is 11.8. The molecule has 2 aromatic rings. The van der Waals surface area contributed by atoms with Gasteiger partial charge in [0.25, 0.3) is 0 Å². The minimum Gasteiger partial charge on any atom is -0.477 e. The summed E-state index contributed by atoms with van der Waals surface area (Å²) in [5.74, 6) is -0.477. The van der Waals surface area contributed by atoms with E-state index in [1.165, 1.54) is 17.8 Å². The Balaban J connectivity index is 2.55. The van der Waals surface area contributed by atoms with Gasteiger partial charge >= 0.3 is 5.97 Å². The van der Waals surface area contributed by atoms with Crippen LogP contribution in [0.25, 0.3) is 10.9 Å². The van der Waals surface area contributed by atoms with Gasteiger partial charge in [-0.1, -0.05) is 23.2 Å². The molecule has 4 nitrogen and oxygen atoms in total. The molecule has 0 bridgehead atoms. The number of benzene rings is 1. The summed E-state index contributed by atoms with van der Waals surface area (Å²) in [6.45, 7) is 0.648. The van der Waals surface area contributed by atoms with Crippen molar-refractivity contribution in [3.63, 3.8) is 0 Å². The fraction of sp³-hybridized carbons (Fsp3) is 0.167. The lowest BCUT2D eigenvalue weighted by Crippen LogP contribution is -2.20. The van der Waals surface area contributed by atoms with E-state index < -0.39 is 11.4 Å². The molecule has 98 valence electrons. The Morgan fingerprint density at radius 3 is 2.68 bits per heavy atom. The van der Waals surface area contributed by atoms with Crippen LogP contribution in [0.2, 0.25) is 10.0 Å². The van der Waals surface area contributed by atoms with Crippen molar-refractivity contribution in [1.82, 2.24) is 4.57 Å². The molecule has 1 aliphatic rings. The summed E-state index contributed by atoms with van der Waals surface area (Å²) in [7, 11) is 0. The molecule has 1 N–H and O–H groups in total. The average molecular weight is 316 g/mol. The van der Waals surface area contributed by atoms with Crippen molar-refractivity contribution in [3.8, 4) is 0 Å². The largest absolute Gasteiger partial charge is 0.477 e. The van der Waals surface area contributed by atoms with Crippen LogP contribution in [0.4, 0.5) is 0 Å². The van der Waals surface area contributed by atoms with Crippen molar-refractivity contribution >= 4 is 51.8 Å². The van der Waals surface area contributed by atoms with Gasteiger partial charge in [0.1, 0.15) is 5.56 Å². The SMILES string of the molecule is O=C(O)c1c2n(c3cc(Cl)c(Cl)cc3c1=O)CCS2. The minimum absolute atomic E-state index is 0.187.